The van der Waals surface area contributed by atoms with E-state index in [2.05, 4.69) is 51.1 Å². The van der Waals surface area contributed by atoms with Crippen molar-refractivity contribution in [1.29, 1.82) is 0 Å². The first-order chi connectivity index (χ1) is 9.26. The first-order valence-corrected chi connectivity index (χ1v) is 7.96. The molecule has 19 heavy (non-hydrogen) atoms. The van der Waals surface area contributed by atoms with Crippen molar-refractivity contribution in [3.63, 3.8) is 0 Å². The van der Waals surface area contributed by atoms with Gasteiger partial charge in [0.05, 0.1) is 10.9 Å². The maximum atomic E-state index is 4.63. The van der Waals surface area contributed by atoms with Gasteiger partial charge in [0.15, 0.2) is 5.82 Å². The Morgan fingerprint density at radius 1 is 1.42 bits per heavy atom. The summed E-state index contributed by atoms with van der Waals surface area (Å²) in [4.78, 5) is 4.45. The predicted octanol–water partition coefficient (Wildman–Crippen LogP) is 4.24. The molecule has 3 rings (SSSR count). The molecule has 0 aromatic carbocycles. The van der Waals surface area contributed by atoms with Crippen LogP contribution >= 0.6 is 27.7 Å². The fraction of sp³-hybridized carbons (Fsp3) is 0.286. The molecule has 0 amide bonds. The quantitative estimate of drug-likeness (QED) is 0.840. The highest BCUT2D eigenvalue weighted by Crippen LogP contribution is 2.45. The lowest BCUT2D eigenvalue weighted by molar-refractivity contribution is 0.798. The molecule has 1 unspecified atom stereocenters. The van der Waals surface area contributed by atoms with Crippen LogP contribution in [-0.4, -0.2) is 14.8 Å². The molecular formula is C14H14BrN3S. The number of hydrogen-bond donors (Lipinski definition) is 0. The molecule has 0 N–H and O–H groups in total. The van der Waals surface area contributed by atoms with Crippen molar-refractivity contribution in [2.45, 2.75) is 25.0 Å². The largest absolute Gasteiger partial charge is 0.237 e. The van der Waals surface area contributed by atoms with Crippen molar-refractivity contribution in [1.82, 2.24) is 14.8 Å². The third-order valence-electron chi connectivity index (χ3n) is 3.14. The zero-order chi connectivity index (χ0) is 13.2. The first kappa shape index (κ1) is 12.9. The van der Waals surface area contributed by atoms with E-state index in [0.29, 0.717) is 5.25 Å². The molecule has 0 saturated carbocycles. The molecule has 0 saturated heterocycles. The van der Waals surface area contributed by atoms with Crippen LogP contribution in [0.3, 0.4) is 0 Å². The Balaban J connectivity index is 1.80. The molecule has 2 aromatic heterocycles. The van der Waals surface area contributed by atoms with E-state index in [9.17, 15) is 0 Å². The van der Waals surface area contributed by atoms with Gasteiger partial charge in [0.25, 0.3) is 0 Å². The van der Waals surface area contributed by atoms with Crippen LogP contribution in [0.25, 0.3) is 5.82 Å². The smallest absolute Gasteiger partial charge is 0.153 e. The third-order valence-corrected chi connectivity index (χ3v) is 5.13. The lowest BCUT2D eigenvalue weighted by Crippen LogP contribution is -2.00. The molecule has 0 radical (unpaired) electrons. The molecule has 1 aliphatic rings. The lowest BCUT2D eigenvalue weighted by Gasteiger charge is -2.05. The second-order valence-corrected chi connectivity index (χ2v) is 7.04. The maximum Gasteiger partial charge on any atom is 0.153 e. The van der Waals surface area contributed by atoms with Crippen molar-refractivity contribution < 1.29 is 0 Å². The summed E-state index contributed by atoms with van der Waals surface area (Å²) in [6.45, 7) is 2.13. The average molecular weight is 336 g/mol. The van der Waals surface area contributed by atoms with Crippen LogP contribution in [0.4, 0.5) is 0 Å². The van der Waals surface area contributed by atoms with Crippen molar-refractivity contribution >= 4 is 27.7 Å². The third kappa shape index (κ3) is 2.77. The SMILES string of the molecule is CCc1ccc(-n2ccc(C3CC=C(Br)S3)n2)nc1. The summed E-state index contributed by atoms with van der Waals surface area (Å²) in [5.41, 5.74) is 2.35. The predicted molar refractivity (Wildman–Crippen MR) is 82.7 cm³/mol. The van der Waals surface area contributed by atoms with E-state index in [1.807, 2.05) is 34.9 Å². The molecule has 2 aromatic rings. The summed E-state index contributed by atoms with van der Waals surface area (Å²) in [7, 11) is 0. The number of thioether (sulfide) groups is 1. The van der Waals surface area contributed by atoms with Crippen LogP contribution in [-0.2, 0) is 6.42 Å². The van der Waals surface area contributed by atoms with Gasteiger partial charge < -0.3 is 0 Å². The molecule has 98 valence electrons. The van der Waals surface area contributed by atoms with E-state index in [1.165, 1.54) is 9.38 Å². The van der Waals surface area contributed by atoms with Gasteiger partial charge in [0.1, 0.15) is 0 Å². The highest BCUT2D eigenvalue weighted by Gasteiger charge is 2.20. The zero-order valence-electron chi connectivity index (χ0n) is 10.6. The Labute approximate surface area is 125 Å². The van der Waals surface area contributed by atoms with Crippen LogP contribution < -0.4 is 0 Å². The number of rotatable bonds is 3. The molecule has 1 atom stereocenters. The monoisotopic (exact) mass is 335 g/mol. The van der Waals surface area contributed by atoms with E-state index in [0.717, 1.165) is 24.4 Å². The molecule has 0 aliphatic carbocycles. The number of hydrogen-bond acceptors (Lipinski definition) is 3. The minimum atomic E-state index is 0.422. The van der Waals surface area contributed by atoms with Gasteiger partial charge >= 0.3 is 0 Å². The van der Waals surface area contributed by atoms with E-state index in [4.69, 9.17) is 0 Å². The van der Waals surface area contributed by atoms with Gasteiger partial charge in [0.2, 0.25) is 0 Å². The van der Waals surface area contributed by atoms with Crippen LogP contribution in [0.15, 0.2) is 40.5 Å². The van der Waals surface area contributed by atoms with E-state index in [1.54, 1.807) is 0 Å². The lowest BCUT2D eigenvalue weighted by atomic mass is 10.2. The number of aryl methyl sites for hydroxylation is 1. The van der Waals surface area contributed by atoms with E-state index in [-0.39, 0.29) is 0 Å². The number of aromatic nitrogens is 3. The standard InChI is InChI=1S/C14H14BrN3S/c1-2-10-3-6-14(16-9-10)18-8-7-11(17-18)12-4-5-13(15)19-12/h3,5-9,12H,2,4H2,1H3. The molecule has 3 nitrogen and oxygen atoms in total. The van der Waals surface area contributed by atoms with Gasteiger partial charge in [-0.25, -0.2) is 9.67 Å². The minimum Gasteiger partial charge on any atom is -0.237 e. The van der Waals surface area contributed by atoms with Gasteiger partial charge in [-0.3, -0.25) is 0 Å². The number of allylic oxidation sites excluding steroid dienone is 1. The summed E-state index contributed by atoms with van der Waals surface area (Å²) >= 11 is 5.34. The van der Waals surface area contributed by atoms with Crippen molar-refractivity contribution in [3.8, 4) is 5.82 Å². The van der Waals surface area contributed by atoms with Crippen LogP contribution in [0.2, 0.25) is 0 Å². The molecule has 5 heteroatoms. The van der Waals surface area contributed by atoms with Gasteiger partial charge in [-0.2, -0.15) is 5.10 Å². The zero-order valence-corrected chi connectivity index (χ0v) is 13.0. The topological polar surface area (TPSA) is 30.7 Å². The van der Waals surface area contributed by atoms with Gasteiger partial charge in [-0.05, 0) is 46.5 Å². The fourth-order valence-corrected chi connectivity index (χ4v) is 3.78. The summed E-state index contributed by atoms with van der Waals surface area (Å²) in [5, 5.41) is 5.05. The van der Waals surface area contributed by atoms with Crippen LogP contribution in [0.5, 0.6) is 0 Å². The Bertz CT molecular complexity index is 603. The van der Waals surface area contributed by atoms with Crippen molar-refractivity contribution in [2.24, 2.45) is 0 Å². The Morgan fingerprint density at radius 3 is 2.95 bits per heavy atom. The molecule has 0 spiro atoms. The van der Waals surface area contributed by atoms with Crippen molar-refractivity contribution in [2.75, 3.05) is 0 Å². The fourth-order valence-electron chi connectivity index (χ4n) is 2.01. The highest BCUT2D eigenvalue weighted by molar-refractivity contribution is 9.14. The van der Waals surface area contributed by atoms with Gasteiger partial charge in [0, 0.05) is 16.2 Å². The minimum absolute atomic E-state index is 0.422. The molecule has 0 bridgehead atoms. The number of nitrogens with zero attached hydrogens (tertiary/aromatic N) is 3. The summed E-state index contributed by atoms with van der Waals surface area (Å²) < 4.78 is 3.05. The van der Waals surface area contributed by atoms with E-state index < -0.39 is 0 Å². The summed E-state index contributed by atoms with van der Waals surface area (Å²) in [5.74, 6) is 0.874. The van der Waals surface area contributed by atoms with Crippen molar-refractivity contribution in [3.05, 3.63) is 51.7 Å². The average Bonchev–Trinajstić information content (AvgIpc) is 3.07. The molecule has 3 heterocycles. The molecule has 0 fully saturated rings. The van der Waals surface area contributed by atoms with Crippen LogP contribution in [0, 0.1) is 0 Å². The summed E-state index contributed by atoms with van der Waals surface area (Å²) in [6, 6.07) is 6.20. The van der Waals surface area contributed by atoms with Gasteiger partial charge in [-0.15, -0.1) is 11.8 Å². The Kier molecular flexibility index (Phi) is 3.75. The maximum absolute atomic E-state index is 4.63. The second kappa shape index (κ2) is 5.51. The normalized spacial score (nSPS) is 18.6. The van der Waals surface area contributed by atoms with Crippen LogP contribution in [0.1, 0.15) is 29.9 Å². The number of halogens is 1. The van der Waals surface area contributed by atoms with Gasteiger partial charge in [-0.1, -0.05) is 19.1 Å². The first-order valence-electron chi connectivity index (χ1n) is 6.29. The molecule has 1 aliphatic heterocycles. The number of pyridine rings is 1. The highest BCUT2D eigenvalue weighted by atomic mass is 79.9. The Hall–Kier alpha value is -1.07. The van der Waals surface area contributed by atoms with E-state index >= 15 is 0 Å². The molecular weight excluding hydrogens is 322 g/mol. The Morgan fingerprint density at radius 2 is 2.32 bits per heavy atom. The second-order valence-electron chi connectivity index (χ2n) is 4.41. The summed E-state index contributed by atoms with van der Waals surface area (Å²) in [6.07, 6.45) is 8.14.